The summed E-state index contributed by atoms with van der Waals surface area (Å²) in [4.78, 5) is 30.5. The third-order valence-electron chi connectivity index (χ3n) is 3.72. The lowest BCUT2D eigenvalue weighted by molar-refractivity contribution is 0.0844. The highest BCUT2D eigenvalue weighted by atomic mass is 35.5. The number of hydrogen-bond acceptors (Lipinski definition) is 5. The van der Waals surface area contributed by atoms with Crippen molar-refractivity contribution in [3.63, 3.8) is 0 Å². The van der Waals surface area contributed by atoms with Gasteiger partial charge in [-0.15, -0.1) is 0 Å². The highest BCUT2D eigenvalue weighted by Gasteiger charge is 2.19. The molecule has 3 heterocycles. The predicted molar refractivity (Wildman–Crippen MR) is 88.8 cm³/mol. The molecule has 2 aromatic heterocycles. The molecule has 0 atom stereocenters. The maximum atomic E-state index is 12.2. The van der Waals surface area contributed by atoms with Gasteiger partial charge in [-0.05, 0) is 25.0 Å². The Morgan fingerprint density at radius 1 is 1.17 bits per heavy atom. The molecule has 1 aliphatic heterocycles. The summed E-state index contributed by atoms with van der Waals surface area (Å²) < 4.78 is 1.50. The third-order valence-corrected chi connectivity index (χ3v) is 4.02. The van der Waals surface area contributed by atoms with Gasteiger partial charge < -0.3 is 4.90 Å². The van der Waals surface area contributed by atoms with Crippen molar-refractivity contribution in [2.24, 2.45) is 7.05 Å². The normalized spacial score (nSPS) is 13.8. The molecule has 0 bridgehead atoms. The fourth-order valence-corrected chi connectivity index (χ4v) is 2.72. The van der Waals surface area contributed by atoms with Gasteiger partial charge in [0, 0.05) is 26.3 Å². The van der Waals surface area contributed by atoms with Gasteiger partial charge in [0.25, 0.3) is 11.8 Å². The molecular formula is C15H17ClN6O2. The molecule has 1 fully saturated rings. The number of anilines is 1. The largest absolute Gasteiger partial charge is 0.355 e. The summed E-state index contributed by atoms with van der Waals surface area (Å²) in [6.45, 7) is 1.74. The van der Waals surface area contributed by atoms with Gasteiger partial charge in [0.15, 0.2) is 0 Å². The molecule has 0 aromatic carbocycles. The number of pyridine rings is 1. The predicted octanol–water partition coefficient (Wildman–Crippen LogP) is 1.14. The van der Waals surface area contributed by atoms with Gasteiger partial charge in [-0.3, -0.25) is 25.1 Å². The molecule has 2 N–H and O–H groups in total. The number of carbonyl (C=O) groups excluding carboxylic acids is 2. The van der Waals surface area contributed by atoms with Crippen molar-refractivity contribution in [1.82, 2.24) is 25.6 Å². The topological polar surface area (TPSA) is 92.2 Å². The monoisotopic (exact) mass is 348 g/mol. The van der Waals surface area contributed by atoms with Crippen LogP contribution in [0.3, 0.4) is 0 Å². The van der Waals surface area contributed by atoms with Gasteiger partial charge in [0.1, 0.15) is 11.5 Å². The van der Waals surface area contributed by atoms with Gasteiger partial charge >= 0.3 is 0 Å². The van der Waals surface area contributed by atoms with Gasteiger partial charge in [0.2, 0.25) is 0 Å². The van der Waals surface area contributed by atoms with Gasteiger partial charge in [-0.25, -0.2) is 4.98 Å². The van der Waals surface area contributed by atoms with E-state index < -0.39 is 11.8 Å². The van der Waals surface area contributed by atoms with Crippen LogP contribution in [0.25, 0.3) is 0 Å². The number of halogens is 1. The summed E-state index contributed by atoms with van der Waals surface area (Å²) in [5.41, 5.74) is 5.21. The standard InChI is InChI=1S/C15H17ClN6O2/c1-21-9-10(8-17-21)14(23)19-20-15(24)12-5-4-11(16)13(18-12)22-6-2-3-7-22/h4-5,8-9H,2-3,6-7H2,1H3,(H,19,23)(H,20,24). The van der Waals surface area contributed by atoms with Crippen molar-refractivity contribution >= 4 is 29.2 Å². The molecule has 24 heavy (non-hydrogen) atoms. The minimum atomic E-state index is -0.510. The van der Waals surface area contributed by atoms with Crippen molar-refractivity contribution in [3.05, 3.63) is 40.8 Å². The average Bonchev–Trinajstić information content (AvgIpc) is 3.24. The Bertz CT molecular complexity index is 769. The molecule has 0 radical (unpaired) electrons. The second kappa shape index (κ2) is 6.88. The molecule has 0 spiro atoms. The molecule has 0 unspecified atom stereocenters. The lowest BCUT2D eigenvalue weighted by Crippen LogP contribution is -2.42. The minimum Gasteiger partial charge on any atom is -0.355 e. The van der Waals surface area contributed by atoms with E-state index in [-0.39, 0.29) is 5.69 Å². The molecule has 126 valence electrons. The van der Waals surface area contributed by atoms with Gasteiger partial charge in [0.05, 0.1) is 16.8 Å². The number of carbonyl (C=O) groups is 2. The van der Waals surface area contributed by atoms with Crippen molar-refractivity contribution in [3.8, 4) is 0 Å². The van der Waals surface area contributed by atoms with Crippen molar-refractivity contribution < 1.29 is 9.59 Å². The maximum absolute atomic E-state index is 12.2. The Balaban J connectivity index is 1.66. The highest BCUT2D eigenvalue weighted by Crippen LogP contribution is 2.26. The number of hydrogen-bond donors (Lipinski definition) is 2. The Morgan fingerprint density at radius 3 is 2.54 bits per heavy atom. The van der Waals surface area contributed by atoms with E-state index in [0.717, 1.165) is 25.9 Å². The van der Waals surface area contributed by atoms with Crippen molar-refractivity contribution in [1.29, 1.82) is 0 Å². The first-order valence-electron chi connectivity index (χ1n) is 7.55. The van der Waals surface area contributed by atoms with Gasteiger partial charge in [-0.2, -0.15) is 5.10 Å². The van der Waals surface area contributed by atoms with Crippen LogP contribution in [-0.2, 0) is 7.05 Å². The molecule has 1 aliphatic rings. The van der Waals surface area contributed by atoms with E-state index in [1.165, 1.54) is 16.9 Å². The molecule has 0 saturated carbocycles. The van der Waals surface area contributed by atoms with E-state index in [1.54, 1.807) is 19.3 Å². The number of hydrazine groups is 1. The summed E-state index contributed by atoms with van der Waals surface area (Å²) in [5.74, 6) is -0.366. The second-order valence-corrected chi connectivity index (χ2v) is 5.91. The van der Waals surface area contributed by atoms with Crippen LogP contribution in [0.1, 0.15) is 33.7 Å². The third kappa shape index (κ3) is 3.48. The number of nitrogens with zero attached hydrogens (tertiary/aromatic N) is 4. The Kier molecular flexibility index (Phi) is 4.66. The Labute approximate surface area is 143 Å². The zero-order valence-corrected chi connectivity index (χ0v) is 13.9. The van der Waals surface area contributed by atoms with Gasteiger partial charge in [-0.1, -0.05) is 11.6 Å². The number of aromatic nitrogens is 3. The van der Waals surface area contributed by atoms with Crippen LogP contribution in [0.5, 0.6) is 0 Å². The quantitative estimate of drug-likeness (QED) is 0.812. The number of nitrogens with one attached hydrogen (secondary N) is 2. The molecule has 8 nitrogen and oxygen atoms in total. The van der Waals surface area contributed by atoms with E-state index in [1.807, 2.05) is 4.90 Å². The minimum absolute atomic E-state index is 0.188. The number of amides is 2. The highest BCUT2D eigenvalue weighted by molar-refractivity contribution is 6.33. The first-order valence-corrected chi connectivity index (χ1v) is 7.93. The van der Waals surface area contributed by atoms with Crippen molar-refractivity contribution in [2.75, 3.05) is 18.0 Å². The average molecular weight is 349 g/mol. The zero-order chi connectivity index (χ0) is 17.1. The number of aryl methyl sites for hydroxylation is 1. The van der Waals surface area contributed by atoms with Crippen LogP contribution in [-0.4, -0.2) is 39.7 Å². The molecule has 2 amide bonds. The van der Waals surface area contributed by atoms with Crippen LogP contribution in [0, 0.1) is 0 Å². The van der Waals surface area contributed by atoms with E-state index in [0.29, 0.717) is 16.4 Å². The van der Waals surface area contributed by atoms with E-state index >= 15 is 0 Å². The maximum Gasteiger partial charge on any atom is 0.288 e. The van der Waals surface area contributed by atoms with E-state index in [2.05, 4.69) is 20.9 Å². The number of rotatable bonds is 3. The molecule has 3 rings (SSSR count). The van der Waals surface area contributed by atoms with E-state index in [9.17, 15) is 9.59 Å². The SMILES string of the molecule is Cn1cc(C(=O)NNC(=O)c2ccc(Cl)c(N3CCCC3)n2)cn1. The Morgan fingerprint density at radius 2 is 1.88 bits per heavy atom. The van der Waals surface area contributed by atoms with Crippen molar-refractivity contribution in [2.45, 2.75) is 12.8 Å². The molecule has 1 saturated heterocycles. The molecule has 9 heteroatoms. The lowest BCUT2D eigenvalue weighted by Gasteiger charge is -2.18. The van der Waals surface area contributed by atoms with Crippen LogP contribution in [0.15, 0.2) is 24.5 Å². The lowest BCUT2D eigenvalue weighted by atomic mass is 10.3. The molecular weight excluding hydrogens is 332 g/mol. The Hall–Kier alpha value is -2.61. The van der Waals surface area contributed by atoms with Crippen LogP contribution < -0.4 is 15.8 Å². The zero-order valence-electron chi connectivity index (χ0n) is 13.1. The second-order valence-electron chi connectivity index (χ2n) is 5.51. The fraction of sp³-hybridized carbons (Fsp3) is 0.333. The molecule has 0 aliphatic carbocycles. The first kappa shape index (κ1) is 16.3. The summed E-state index contributed by atoms with van der Waals surface area (Å²) in [7, 11) is 1.70. The summed E-state index contributed by atoms with van der Waals surface area (Å²) >= 11 is 6.18. The first-order chi connectivity index (χ1) is 11.5. The van der Waals surface area contributed by atoms with Crippen LogP contribution in [0.4, 0.5) is 5.82 Å². The summed E-state index contributed by atoms with van der Waals surface area (Å²) in [5, 5.41) is 4.41. The fourth-order valence-electron chi connectivity index (χ4n) is 2.50. The molecule has 2 aromatic rings. The van der Waals surface area contributed by atoms with E-state index in [4.69, 9.17) is 11.6 Å². The smallest absolute Gasteiger partial charge is 0.288 e. The summed E-state index contributed by atoms with van der Waals surface area (Å²) in [6, 6.07) is 3.16. The summed E-state index contributed by atoms with van der Waals surface area (Å²) in [6.07, 6.45) is 5.12. The van der Waals surface area contributed by atoms with Crippen LogP contribution in [0.2, 0.25) is 5.02 Å². The van der Waals surface area contributed by atoms with Crippen LogP contribution >= 0.6 is 11.6 Å².